The number of aliphatic hydroxyl groups excluding tert-OH is 2. The fraction of sp³-hybridized carbons (Fsp3) is 0.318. The van der Waals surface area contributed by atoms with Crippen LogP contribution in [0.1, 0.15) is 29.8 Å². The second kappa shape index (κ2) is 9.25. The lowest BCUT2D eigenvalue weighted by atomic mass is 10.0. The summed E-state index contributed by atoms with van der Waals surface area (Å²) in [6.45, 7) is 2.32. The molecule has 2 amide bonds. The van der Waals surface area contributed by atoms with Gasteiger partial charge in [0, 0.05) is 43.7 Å². The summed E-state index contributed by atoms with van der Waals surface area (Å²) >= 11 is 0. The smallest absolute Gasteiger partial charge is 0.255 e. The van der Waals surface area contributed by atoms with Gasteiger partial charge in [0.2, 0.25) is 0 Å². The number of nitrogens with zero attached hydrogens (tertiary/aromatic N) is 5. The Hall–Kier alpha value is -3.63. The molecule has 3 aromatic rings. The van der Waals surface area contributed by atoms with Crippen LogP contribution in [-0.2, 0) is 22.6 Å². The van der Waals surface area contributed by atoms with Crippen LogP contribution in [0, 0.1) is 0 Å². The molecule has 32 heavy (non-hydrogen) atoms. The summed E-state index contributed by atoms with van der Waals surface area (Å²) in [6.07, 6.45) is 3.34. The van der Waals surface area contributed by atoms with Crippen LogP contribution in [0.15, 0.2) is 55.2 Å². The van der Waals surface area contributed by atoms with Crippen molar-refractivity contribution in [3.8, 4) is 5.69 Å². The number of hydrogen-bond acceptors (Lipinski definition) is 7. The van der Waals surface area contributed by atoms with E-state index in [0.29, 0.717) is 13.0 Å². The molecule has 2 aromatic heterocycles. The van der Waals surface area contributed by atoms with Crippen molar-refractivity contribution in [2.24, 2.45) is 0 Å². The number of rotatable bonds is 6. The minimum absolute atomic E-state index is 0.222. The summed E-state index contributed by atoms with van der Waals surface area (Å²) in [5, 5.41) is 27.4. The summed E-state index contributed by atoms with van der Waals surface area (Å²) in [5.74, 6) is -1.53. The van der Waals surface area contributed by atoms with Crippen LogP contribution in [0.4, 0.5) is 0 Å². The van der Waals surface area contributed by atoms with Crippen molar-refractivity contribution in [2.45, 2.75) is 38.1 Å². The van der Waals surface area contributed by atoms with Crippen LogP contribution in [0.3, 0.4) is 0 Å². The van der Waals surface area contributed by atoms with Gasteiger partial charge >= 0.3 is 0 Å². The van der Waals surface area contributed by atoms with Gasteiger partial charge in [0.1, 0.15) is 6.33 Å². The number of fused-ring (bicyclic) bond motifs is 1. The number of carbonyl (C=O) groups is 2. The molecule has 10 heteroatoms. The Bertz CT molecular complexity index is 1090. The molecule has 0 saturated carbocycles. The van der Waals surface area contributed by atoms with E-state index >= 15 is 0 Å². The highest BCUT2D eigenvalue weighted by molar-refractivity contribution is 5.91. The van der Waals surface area contributed by atoms with E-state index in [-0.39, 0.29) is 6.54 Å². The fourth-order valence-corrected chi connectivity index (χ4v) is 3.64. The molecular weight excluding hydrogens is 412 g/mol. The quantitative estimate of drug-likeness (QED) is 0.501. The van der Waals surface area contributed by atoms with Gasteiger partial charge < -0.3 is 20.4 Å². The summed E-state index contributed by atoms with van der Waals surface area (Å²) < 4.78 is 1.71. The first-order valence-corrected chi connectivity index (χ1v) is 10.3. The molecule has 1 aliphatic rings. The normalized spacial score (nSPS) is 16.0. The number of benzene rings is 1. The Labute approximate surface area is 184 Å². The van der Waals surface area contributed by atoms with Gasteiger partial charge in [-0.05, 0) is 30.7 Å². The van der Waals surface area contributed by atoms with Gasteiger partial charge in [-0.15, -0.1) is 0 Å². The standard InChI is InChI=1S/C22H24N6O4/c1-14(15-3-5-17(6-4-15)28-9-2-8-25-28)26-21(31)19(29)20(30)22(32)27-10-7-18-16(12-27)11-23-13-24-18/h2-6,8-9,11,13-14,19-20,29-30H,7,10,12H2,1H3,(H,26,31)/t14-,19-,20-/m1/s1. The monoisotopic (exact) mass is 436 g/mol. The van der Waals surface area contributed by atoms with Crippen LogP contribution >= 0.6 is 0 Å². The van der Waals surface area contributed by atoms with E-state index in [9.17, 15) is 19.8 Å². The highest BCUT2D eigenvalue weighted by Gasteiger charge is 2.35. The van der Waals surface area contributed by atoms with Crippen molar-refractivity contribution in [3.05, 3.63) is 72.1 Å². The predicted molar refractivity (Wildman–Crippen MR) is 113 cm³/mol. The first-order chi connectivity index (χ1) is 15.4. The molecule has 0 saturated heterocycles. The number of aliphatic hydroxyl groups is 2. The zero-order chi connectivity index (χ0) is 22.7. The van der Waals surface area contributed by atoms with E-state index in [2.05, 4.69) is 20.4 Å². The Balaban J connectivity index is 1.35. The van der Waals surface area contributed by atoms with Crippen molar-refractivity contribution >= 4 is 11.8 Å². The molecule has 0 fully saturated rings. The molecule has 166 valence electrons. The topological polar surface area (TPSA) is 133 Å². The Morgan fingerprint density at radius 1 is 1.16 bits per heavy atom. The van der Waals surface area contributed by atoms with Gasteiger partial charge in [0.05, 0.1) is 17.4 Å². The van der Waals surface area contributed by atoms with Gasteiger partial charge in [0.15, 0.2) is 12.2 Å². The summed E-state index contributed by atoms with van der Waals surface area (Å²) in [7, 11) is 0. The number of nitrogens with one attached hydrogen (secondary N) is 1. The van der Waals surface area contributed by atoms with Crippen molar-refractivity contribution in [3.63, 3.8) is 0 Å². The van der Waals surface area contributed by atoms with E-state index in [1.54, 1.807) is 24.0 Å². The summed E-state index contributed by atoms with van der Waals surface area (Å²) in [4.78, 5) is 34.6. The van der Waals surface area contributed by atoms with E-state index in [1.807, 2.05) is 36.5 Å². The fourth-order valence-electron chi connectivity index (χ4n) is 3.64. The van der Waals surface area contributed by atoms with Gasteiger partial charge in [-0.2, -0.15) is 5.10 Å². The average Bonchev–Trinajstić information content (AvgIpc) is 3.37. The van der Waals surface area contributed by atoms with E-state index < -0.39 is 30.1 Å². The van der Waals surface area contributed by atoms with Crippen LogP contribution < -0.4 is 5.32 Å². The maximum Gasteiger partial charge on any atom is 0.255 e. The molecule has 1 aromatic carbocycles. The largest absolute Gasteiger partial charge is 0.380 e. The SMILES string of the molecule is C[C@@H](NC(=O)[C@H](O)[C@@H](O)C(=O)N1CCc2ncncc2C1)c1ccc(-n2cccn2)cc1. The van der Waals surface area contributed by atoms with Crippen molar-refractivity contribution in [1.82, 2.24) is 30.0 Å². The highest BCUT2D eigenvalue weighted by atomic mass is 16.3. The molecule has 1 aliphatic heterocycles. The van der Waals surface area contributed by atoms with Crippen LogP contribution in [0.2, 0.25) is 0 Å². The molecule has 3 N–H and O–H groups in total. The lowest BCUT2D eigenvalue weighted by Gasteiger charge is -2.30. The van der Waals surface area contributed by atoms with Gasteiger partial charge in [-0.1, -0.05) is 12.1 Å². The van der Waals surface area contributed by atoms with Crippen molar-refractivity contribution in [2.75, 3.05) is 6.54 Å². The zero-order valence-electron chi connectivity index (χ0n) is 17.5. The van der Waals surface area contributed by atoms with Crippen molar-refractivity contribution in [1.29, 1.82) is 0 Å². The number of carbonyl (C=O) groups excluding carboxylic acids is 2. The second-order valence-electron chi connectivity index (χ2n) is 7.67. The molecule has 0 unspecified atom stereocenters. The first kappa shape index (κ1) is 21.6. The van der Waals surface area contributed by atoms with Gasteiger partial charge in [0.25, 0.3) is 11.8 Å². The number of amides is 2. The lowest BCUT2D eigenvalue weighted by molar-refractivity contribution is -0.154. The third-order valence-corrected chi connectivity index (χ3v) is 5.51. The Morgan fingerprint density at radius 3 is 2.66 bits per heavy atom. The van der Waals surface area contributed by atoms with E-state index in [4.69, 9.17) is 0 Å². The molecule has 3 atom stereocenters. The third-order valence-electron chi connectivity index (χ3n) is 5.51. The van der Waals surface area contributed by atoms with Crippen LogP contribution in [-0.4, -0.2) is 65.4 Å². The number of hydrogen-bond donors (Lipinski definition) is 3. The summed E-state index contributed by atoms with van der Waals surface area (Å²) in [5.41, 5.74) is 3.30. The maximum atomic E-state index is 12.6. The molecule has 3 heterocycles. The second-order valence-corrected chi connectivity index (χ2v) is 7.67. The highest BCUT2D eigenvalue weighted by Crippen LogP contribution is 2.18. The number of aromatic nitrogens is 4. The summed E-state index contributed by atoms with van der Waals surface area (Å²) in [6, 6.07) is 8.77. The minimum Gasteiger partial charge on any atom is -0.380 e. The van der Waals surface area contributed by atoms with Gasteiger partial charge in [-0.25, -0.2) is 14.6 Å². The van der Waals surface area contributed by atoms with E-state index in [1.165, 1.54) is 11.2 Å². The molecule has 10 nitrogen and oxygen atoms in total. The van der Waals surface area contributed by atoms with Crippen LogP contribution in [0.25, 0.3) is 5.69 Å². The molecule has 0 radical (unpaired) electrons. The third kappa shape index (κ3) is 4.51. The zero-order valence-corrected chi connectivity index (χ0v) is 17.5. The average molecular weight is 436 g/mol. The van der Waals surface area contributed by atoms with Crippen LogP contribution in [0.5, 0.6) is 0 Å². The van der Waals surface area contributed by atoms with Gasteiger partial charge in [-0.3, -0.25) is 9.59 Å². The lowest BCUT2D eigenvalue weighted by Crippen LogP contribution is -2.52. The molecule has 4 rings (SSSR count). The Morgan fingerprint density at radius 2 is 1.94 bits per heavy atom. The minimum atomic E-state index is -1.89. The maximum absolute atomic E-state index is 12.6. The van der Waals surface area contributed by atoms with E-state index in [0.717, 1.165) is 22.5 Å². The Kier molecular flexibility index (Phi) is 6.24. The molecule has 0 spiro atoms. The van der Waals surface area contributed by atoms with Crippen molar-refractivity contribution < 1.29 is 19.8 Å². The molecule has 0 bridgehead atoms. The first-order valence-electron chi connectivity index (χ1n) is 10.3. The molecular formula is C22H24N6O4. The molecule has 0 aliphatic carbocycles. The predicted octanol–water partition coefficient (Wildman–Crippen LogP) is 0.146.